The summed E-state index contributed by atoms with van der Waals surface area (Å²) in [6, 6.07) is 9.68. The van der Waals surface area contributed by atoms with Crippen LogP contribution in [0, 0.1) is 5.92 Å². The normalized spacial score (nSPS) is 15.7. The highest BCUT2D eigenvalue weighted by molar-refractivity contribution is 7.87. The minimum Gasteiger partial charge on any atom is -0.379 e. The molecular formula is C23H26F3NO4S. The Hall–Kier alpha value is -2.55. The van der Waals surface area contributed by atoms with E-state index in [0.717, 1.165) is 43.9 Å². The molecule has 1 aliphatic rings. The SMILES string of the molecule is CC[C@@H](C)N(Cc1cccc(OS(=O)(=O)c2cccc(C(F)(F)F)c2)c1)C(=O)C1CCC1. The number of alkyl halides is 3. The molecule has 1 atom stereocenters. The number of amides is 1. The first-order valence-electron chi connectivity index (χ1n) is 10.5. The summed E-state index contributed by atoms with van der Waals surface area (Å²) in [5.41, 5.74) is -0.399. The first-order valence-corrected chi connectivity index (χ1v) is 11.9. The van der Waals surface area contributed by atoms with Crippen molar-refractivity contribution in [2.45, 2.75) is 63.2 Å². The Labute approximate surface area is 186 Å². The van der Waals surface area contributed by atoms with Crippen LogP contribution in [0.15, 0.2) is 53.4 Å². The molecule has 5 nitrogen and oxygen atoms in total. The molecule has 0 aliphatic heterocycles. The standard InChI is InChI=1S/C23H26F3NO4S/c1-3-16(2)27(22(28)18-8-5-9-18)15-17-7-4-11-20(13-17)31-32(29,30)21-12-6-10-19(14-21)23(24,25)26/h4,6-7,10-14,16,18H,3,5,8-9,15H2,1-2H3/t16-/m1/s1. The van der Waals surface area contributed by atoms with Gasteiger partial charge in [0.2, 0.25) is 5.91 Å². The predicted molar refractivity (Wildman–Crippen MR) is 113 cm³/mol. The molecule has 0 bridgehead atoms. The van der Waals surface area contributed by atoms with E-state index in [1.807, 2.05) is 13.8 Å². The summed E-state index contributed by atoms with van der Waals surface area (Å²) in [4.78, 5) is 14.1. The molecule has 0 unspecified atom stereocenters. The van der Waals surface area contributed by atoms with Gasteiger partial charge in [-0.05, 0) is 62.1 Å². The summed E-state index contributed by atoms with van der Waals surface area (Å²) in [7, 11) is -4.47. The van der Waals surface area contributed by atoms with E-state index in [9.17, 15) is 26.4 Å². The monoisotopic (exact) mass is 469 g/mol. The second-order valence-corrected chi connectivity index (χ2v) is 9.61. The smallest absolute Gasteiger partial charge is 0.379 e. The van der Waals surface area contributed by atoms with E-state index in [1.54, 1.807) is 17.0 Å². The van der Waals surface area contributed by atoms with E-state index in [-0.39, 0.29) is 23.6 Å². The zero-order valence-electron chi connectivity index (χ0n) is 17.9. The Kier molecular flexibility index (Phi) is 7.17. The number of hydrogen-bond donors (Lipinski definition) is 0. The summed E-state index contributed by atoms with van der Waals surface area (Å²) in [5.74, 6) is 0.0957. The summed E-state index contributed by atoms with van der Waals surface area (Å²) < 4.78 is 69.0. The highest BCUT2D eigenvalue weighted by Crippen LogP contribution is 2.32. The van der Waals surface area contributed by atoms with Crippen molar-refractivity contribution in [3.63, 3.8) is 0 Å². The minimum atomic E-state index is -4.67. The number of nitrogens with zero attached hydrogens (tertiary/aromatic N) is 1. The third-order valence-electron chi connectivity index (χ3n) is 5.77. The second-order valence-electron chi connectivity index (χ2n) is 8.06. The van der Waals surface area contributed by atoms with Crippen LogP contribution in [0.3, 0.4) is 0 Å². The molecule has 2 aromatic rings. The minimum absolute atomic E-state index is 0.0153. The maximum Gasteiger partial charge on any atom is 0.416 e. The van der Waals surface area contributed by atoms with Crippen LogP contribution in [-0.2, 0) is 27.6 Å². The summed E-state index contributed by atoms with van der Waals surface area (Å²) >= 11 is 0. The Bertz CT molecular complexity index is 1060. The number of carbonyl (C=O) groups is 1. The number of hydrogen-bond acceptors (Lipinski definition) is 4. The van der Waals surface area contributed by atoms with Crippen molar-refractivity contribution in [3.05, 3.63) is 59.7 Å². The van der Waals surface area contributed by atoms with Crippen molar-refractivity contribution in [1.29, 1.82) is 0 Å². The van der Waals surface area contributed by atoms with Gasteiger partial charge in [-0.15, -0.1) is 0 Å². The maximum atomic E-state index is 12.9. The van der Waals surface area contributed by atoms with E-state index in [4.69, 9.17) is 4.18 Å². The van der Waals surface area contributed by atoms with Gasteiger partial charge in [-0.1, -0.05) is 31.5 Å². The third-order valence-corrected chi connectivity index (χ3v) is 7.01. The van der Waals surface area contributed by atoms with E-state index in [0.29, 0.717) is 18.2 Å². The van der Waals surface area contributed by atoms with Crippen molar-refractivity contribution < 1.29 is 30.6 Å². The Morgan fingerprint density at radius 3 is 2.44 bits per heavy atom. The molecule has 174 valence electrons. The van der Waals surface area contributed by atoms with Gasteiger partial charge in [-0.25, -0.2) is 0 Å². The van der Waals surface area contributed by atoms with Crippen LogP contribution >= 0.6 is 0 Å². The van der Waals surface area contributed by atoms with Gasteiger partial charge in [0.1, 0.15) is 10.6 Å². The van der Waals surface area contributed by atoms with Crippen molar-refractivity contribution in [1.82, 2.24) is 4.90 Å². The Balaban J connectivity index is 1.80. The van der Waals surface area contributed by atoms with Crippen LogP contribution in [0.4, 0.5) is 13.2 Å². The largest absolute Gasteiger partial charge is 0.416 e. The molecule has 0 N–H and O–H groups in total. The topological polar surface area (TPSA) is 63.7 Å². The van der Waals surface area contributed by atoms with Gasteiger partial charge in [0, 0.05) is 18.5 Å². The lowest BCUT2D eigenvalue weighted by molar-refractivity contribution is -0.141. The Morgan fingerprint density at radius 2 is 1.84 bits per heavy atom. The number of rotatable bonds is 8. The van der Waals surface area contributed by atoms with Gasteiger partial charge in [0.15, 0.2) is 0 Å². The number of carbonyl (C=O) groups excluding carboxylic acids is 1. The summed E-state index contributed by atoms with van der Waals surface area (Å²) in [5, 5.41) is 0. The van der Waals surface area contributed by atoms with Gasteiger partial charge in [-0.2, -0.15) is 21.6 Å². The lowest BCUT2D eigenvalue weighted by atomic mass is 9.84. The molecule has 2 aromatic carbocycles. The van der Waals surface area contributed by atoms with Crippen molar-refractivity contribution in [3.8, 4) is 5.75 Å². The van der Waals surface area contributed by atoms with Crippen LogP contribution in [0.1, 0.15) is 50.7 Å². The highest BCUT2D eigenvalue weighted by atomic mass is 32.2. The van der Waals surface area contributed by atoms with Crippen LogP contribution in [0.25, 0.3) is 0 Å². The summed E-state index contributed by atoms with van der Waals surface area (Å²) in [6.07, 6.45) is -1.09. The molecule has 0 radical (unpaired) electrons. The third kappa shape index (κ3) is 5.62. The molecule has 1 saturated carbocycles. The average molecular weight is 470 g/mol. The average Bonchev–Trinajstić information content (AvgIpc) is 2.69. The van der Waals surface area contributed by atoms with Gasteiger partial charge < -0.3 is 9.08 Å². The molecule has 1 fully saturated rings. The number of benzene rings is 2. The molecule has 0 heterocycles. The first kappa shape index (κ1) is 24.1. The Morgan fingerprint density at radius 1 is 1.16 bits per heavy atom. The fraction of sp³-hybridized carbons (Fsp3) is 0.435. The molecule has 0 saturated heterocycles. The van der Waals surface area contributed by atoms with Gasteiger partial charge in [0.05, 0.1) is 5.56 Å². The second kappa shape index (κ2) is 9.52. The van der Waals surface area contributed by atoms with Crippen molar-refractivity contribution in [2.75, 3.05) is 0 Å². The van der Waals surface area contributed by atoms with Crippen LogP contribution in [-0.4, -0.2) is 25.3 Å². The van der Waals surface area contributed by atoms with E-state index in [1.165, 1.54) is 12.1 Å². The van der Waals surface area contributed by atoms with Gasteiger partial charge in [0.25, 0.3) is 0 Å². The van der Waals surface area contributed by atoms with Gasteiger partial charge >= 0.3 is 16.3 Å². The molecule has 32 heavy (non-hydrogen) atoms. The molecule has 0 aromatic heterocycles. The molecule has 1 amide bonds. The maximum absolute atomic E-state index is 12.9. The quantitative estimate of drug-likeness (QED) is 0.486. The lowest BCUT2D eigenvalue weighted by Gasteiger charge is -2.35. The first-order chi connectivity index (χ1) is 15.0. The van der Waals surface area contributed by atoms with Crippen LogP contribution in [0.5, 0.6) is 5.75 Å². The molecule has 0 spiro atoms. The summed E-state index contributed by atoms with van der Waals surface area (Å²) in [6.45, 7) is 4.26. The lowest BCUT2D eigenvalue weighted by Crippen LogP contribution is -2.43. The molecular weight excluding hydrogens is 443 g/mol. The number of halogens is 3. The van der Waals surface area contributed by atoms with E-state index >= 15 is 0 Å². The van der Waals surface area contributed by atoms with E-state index in [2.05, 4.69) is 0 Å². The van der Waals surface area contributed by atoms with Crippen LogP contribution < -0.4 is 4.18 Å². The zero-order valence-corrected chi connectivity index (χ0v) is 18.7. The fourth-order valence-electron chi connectivity index (χ4n) is 3.46. The fourth-order valence-corrected chi connectivity index (χ4v) is 4.43. The van der Waals surface area contributed by atoms with Crippen LogP contribution in [0.2, 0.25) is 0 Å². The molecule has 9 heteroatoms. The van der Waals surface area contributed by atoms with Gasteiger partial charge in [-0.3, -0.25) is 4.79 Å². The molecule has 1 aliphatic carbocycles. The predicted octanol–water partition coefficient (Wildman–Crippen LogP) is 5.40. The highest BCUT2D eigenvalue weighted by Gasteiger charge is 2.33. The van der Waals surface area contributed by atoms with E-state index < -0.39 is 26.8 Å². The van der Waals surface area contributed by atoms with Crippen molar-refractivity contribution >= 4 is 16.0 Å². The van der Waals surface area contributed by atoms with Crippen molar-refractivity contribution in [2.24, 2.45) is 5.92 Å². The molecule has 3 rings (SSSR count). The zero-order chi connectivity index (χ0) is 23.5.